The Morgan fingerprint density at radius 2 is 1.79 bits per heavy atom. The van der Waals surface area contributed by atoms with Crippen molar-refractivity contribution < 1.29 is 9.13 Å². The zero-order chi connectivity index (χ0) is 19.1. The van der Waals surface area contributed by atoms with E-state index in [9.17, 15) is 4.39 Å². The van der Waals surface area contributed by atoms with Gasteiger partial charge in [-0.05, 0) is 54.3 Å². The zero-order valence-corrected chi connectivity index (χ0v) is 18.4. The third-order valence-corrected chi connectivity index (χ3v) is 4.51. The van der Waals surface area contributed by atoms with E-state index in [1.807, 2.05) is 24.4 Å². The molecule has 3 rings (SSSR count). The molecule has 0 amide bonds. The largest absolute Gasteiger partial charge is 0.497 e. The minimum atomic E-state index is -0.226. The molecule has 3 aromatic rings. The standard InChI is InChI=1S/C21H25FN4O.HI/c1-23-21(24-11-9-15-3-6-18(27-2)7-4-15)25-12-10-16-14-26-20-13-17(22)5-8-19(16)20;/h3-8,13-14,26H,9-12H2,1-2H3,(H2,23,24,25);1H. The van der Waals surface area contributed by atoms with Crippen LogP contribution in [0.25, 0.3) is 10.9 Å². The summed E-state index contributed by atoms with van der Waals surface area (Å²) in [6.07, 6.45) is 3.66. The Morgan fingerprint density at radius 3 is 2.46 bits per heavy atom. The summed E-state index contributed by atoms with van der Waals surface area (Å²) in [7, 11) is 3.43. The highest BCUT2D eigenvalue weighted by molar-refractivity contribution is 14.0. The quantitative estimate of drug-likeness (QED) is 0.264. The lowest BCUT2D eigenvalue weighted by Crippen LogP contribution is -2.39. The van der Waals surface area contributed by atoms with Gasteiger partial charge >= 0.3 is 0 Å². The number of guanidine groups is 1. The minimum Gasteiger partial charge on any atom is -0.497 e. The predicted molar refractivity (Wildman–Crippen MR) is 123 cm³/mol. The van der Waals surface area contributed by atoms with Gasteiger partial charge in [0, 0.05) is 37.2 Å². The molecular formula is C21H26FIN4O. The summed E-state index contributed by atoms with van der Waals surface area (Å²) in [4.78, 5) is 7.38. The molecule has 0 spiro atoms. The maximum Gasteiger partial charge on any atom is 0.190 e. The van der Waals surface area contributed by atoms with Crippen molar-refractivity contribution in [2.75, 3.05) is 27.2 Å². The lowest BCUT2D eigenvalue weighted by atomic mass is 10.1. The number of halogens is 2. The number of rotatable bonds is 7. The van der Waals surface area contributed by atoms with Crippen molar-refractivity contribution in [3.63, 3.8) is 0 Å². The molecule has 150 valence electrons. The Bertz CT molecular complexity index is 908. The number of aliphatic imine (C=N–C) groups is 1. The average molecular weight is 496 g/mol. The number of fused-ring (bicyclic) bond motifs is 1. The van der Waals surface area contributed by atoms with Crippen molar-refractivity contribution in [1.82, 2.24) is 15.6 Å². The summed E-state index contributed by atoms with van der Waals surface area (Å²) in [6, 6.07) is 12.9. The smallest absolute Gasteiger partial charge is 0.190 e. The molecule has 1 heterocycles. The highest BCUT2D eigenvalue weighted by Gasteiger charge is 2.05. The second-order valence-corrected chi connectivity index (χ2v) is 6.28. The maximum atomic E-state index is 13.3. The lowest BCUT2D eigenvalue weighted by molar-refractivity contribution is 0.414. The molecule has 5 nitrogen and oxygen atoms in total. The fraction of sp³-hybridized carbons (Fsp3) is 0.286. The van der Waals surface area contributed by atoms with Crippen molar-refractivity contribution in [1.29, 1.82) is 0 Å². The van der Waals surface area contributed by atoms with E-state index in [2.05, 4.69) is 32.7 Å². The minimum absolute atomic E-state index is 0. The van der Waals surface area contributed by atoms with Gasteiger partial charge in [0.05, 0.1) is 7.11 Å². The number of benzene rings is 2. The molecule has 0 atom stereocenters. The Morgan fingerprint density at radius 1 is 1.07 bits per heavy atom. The summed E-state index contributed by atoms with van der Waals surface area (Å²) in [6.45, 7) is 1.53. The summed E-state index contributed by atoms with van der Waals surface area (Å²) < 4.78 is 18.4. The number of aromatic nitrogens is 1. The average Bonchev–Trinajstić information content (AvgIpc) is 3.09. The van der Waals surface area contributed by atoms with E-state index >= 15 is 0 Å². The van der Waals surface area contributed by atoms with Crippen molar-refractivity contribution in [2.45, 2.75) is 12.8 Å². The van der Waals surface area contributed by atoms with Crippen LogP contribution in [-0.2, 0) is 12.8 Å². The van der Waals surface area contributed by atoms with Crippen molar-refractivity contribution in [3.05, 3.63) is 65.6 Å². The molecular weight excluding hydrogens is 470 g/mol. The highest BCUT2D eigenvalue weighted by atomic mass is 127. The topological polar surface area (TPSA) is 61.4 Å². The van der Waals surface area contributed by atoms with Crippen LogP contribution in [-0.4, -0.2) is 38.2 Å². The van der Waals surface area contributed by atoms with E-state index in [1.165, 1.54) is 17.7 Å². The molecule has 2 aromatic carbocycles. The fourth-order valence-corrected chi connectivity index (χ4v) is 3.02. The van der Waals surface area contributed by atoms with E-state index < -0.39 is 0 Å². The van der Waals surface area contributed by atoms with Crippen LogP contribution in [0.1, 0.15) is 11.1 Å². The summed E-state index contributed by atoms with van der Waals surface area (Å²) >= 11 is 0. The van der Waals surface area contributed by atoms with E-state index in [0.717, 1.165) is 54.1 Å². The van der Waals surface area contributed by atoms with E-state index in [4.69, 9.17) is 4.74 Å². The van der Waals surface area contributed by atoms with Gasteiger partial charge < -0.3 is 20.4 Å². The van der Waals surface area contributed by atoms with Gasteiger partial charge in [-0.3, -0.25) is 4.99 Å². The van der Waals surface area contributed by atoms with Gasteiger partial charge in [0.25, 0.3) is 0 Å². The van der Waals surface area contributed by atoms with E-state index in [0.29, 0.717) is 0 Å². The number of hydrogen-bond donors (Lipinski definition) is 3. The molecule has 7 heteroatoms. The first-order valence-corrected chi connectivity index (χ1v) is 9.02. The number of aromatic amines is 1. The second kappa shape index (κ2) is 10.9. The lowest BCUT2D eigenvalue weighted by Gasteiger charge is -2.12. The first kappa shape index (κ1) is 22.0. The van der Waals surface area contributed by atoms with Crippen LogP contribution in [0.15, 0.2) is 53.7 Å². The number of ether oxygens (including phenoxy) is 1. The van der Waals surface area contributed by atoms with Crippen LogP contribution >= 0.6 is 24.0 Å². The third kappa shape index (κ3) is 5.85. The van der Waals surface area contributed by atoms with Gasteiger partial charge in [-0.25, -0.2) is 4.39 Å². The molecule has 28 heavy (non-hydrogen) atoms. The van der Waals surface area contributed by atoms with Gasteiger partial charge in [-0.1, -0.05) is 12.1 Å². The van der Waals surface area contributed by atoms with Crippen LogP contribution in [0.3, 0.4) is 0 Å². The van der Waals surface area contributed by atoms with Gasteiger partial charge in [-0.15, -0.1) is 24.0 Å². The van der Waals surface area contributed by atoms with Crippen molar-refractivity contribution in [3.8, 4) is 5.75 Å². The number of hydrogen-bond acceptors (Lipinski definition) is 2. The number of methoxy groups -OCH3 is 1. The van der Waals surface area contributed by atoms with Gasteiger partial charge in [-0.2, -0.15) is 0 Å². The molecule has 0 bridgehead atoms. The van der Waals surface area contributed by atoms with Crippen LogP contribution in [0, 0.1) is 5.82 Å². The monoisotopic (exact) mass is 496 g/mol. The summed E-state index contributed by atoms with van der Waals surface area (Å²) in [5, 5.41) is 7.70. The molecule has 1 aromatic heterocycles. The predicted octanol–water partition coefficient (Wildman–Crippen LogP) is 3.88. The Kier molecular flexibility index (Phi) is 8.56. The first-order chi connectivity index (χ1) is 13.2. The Labute approximate surface area is 181 Å². The van der Waals surface area contributed by atoms with E-state index in [1.54, 1.807) is 14.2 Å². The molecule has 0 fully saturated rings. The van der Waals surface area contributed by atoms with Crippen LogP contribution in [0.4, 0.5) is 4.39 Å². The van der Waals surface area contributed by atoms with Crippen LogP contribution < -0.4 is 15.4 Å². The molecule has 0 aliphatic heterocycles. The summed E-state index contributed by atoms with van der Waals surface area (Å²) in [5.74, 6) is 1.41. The van der Waals surface area contributed by atoms with E-state index in [-0.39, 0.29) is 29.8 Å². The van der Waals surface area contributed by atoms with Gasteiger partial charge in [0.2, 0.25) is 0 Å². The normalized spacial score (nSPS) is 11.2. The first-order valence-electron chi connectivity index (χ1n) is 9.02. The number of H-pyrrole nitrogens is 1. The van der Waals surface area contributed by atoms with Crippen LogP contribution in [0.2, 0.25) is 0 Å². The molecule has 0 radical (unpaired) electrons. The van der Waals surface area contributed by atoms with Crippen molar-refractivity contribution in [2.24, 2.45) is 4.99 Å². The van der Waals surface area contributed by atoms with Gasteiger partial charge in [0.1, 0.15) is 11.6 Å². The fourth-order valence-electron chi connectivity index (χ4n) is 3.02. The Balaban J connectivity index is 0.00000280. The molecule has 0 saturated carbocycles. The molecule has 3 N–H and O–H groups in total. The zero-order valence-electron chi connectivity index (χ0n) is 16.1. The van der Waals surface area contributed by atoms with Crippen molar-refractivity contribution >= 4 is 40.8 Å². The Hall–Kier alpha value is -2.29. The third-order valence-electron chi connectivity index (χ3n) is 4.51. The summed E-state index contributed by atoms with van der Waals surface area (Å²) in [5.41, 5.74) is 3.22. The molecule has 0 saturated heterocycles. The SMILES string of the molecule is CN=C(NCCc1ccc(OC)cc1)NCCc1c[nH]c2cc(F)ccc12.I. The molecule has 0 unspecified atom stereocenters. The number of nitrogens with zero attached hydrogens (tertiary/aromatic N) is 1. The second-order valence-electron chi connectivity index (χ2n) is 6.28. The van der Waals surface area contributed by atoms with Crippen LogP contribution in [0.5, 0.6) is 5.75 Å². The number of nitrogens with one attached hydrogen (secondary N) is 3. The highest BCUT2D eigenvalue weighted by Crippen LogP contribution is 2.19. The molecule has 0 aliphatic carbocycles. The maximum absolute atomic E-state index is 13.3. The van der Waals surface area contributed by atoms with Gasteiger partial charge in [0.15, 0.2) is 5.96 Å². The molecule has 0 aliphatic rings.